The molecule has 0 heterocycles. The third-order valence-electron chi connectivity index (χ3n) is 3.63. The van der Waals surface area contributed by atoms with E-state index in [1.54, 1.807) is 6.07 Å². The molecule has 2 atom stereocenters. The van der Waals surface area contributed by atoms with Crippen molar-refractivity contribution in [2.24, 2.45) is 0 Å². The number of ketones is 1. The SMILES string of the molecule is COc1ccc(N[C@H]([C@H](C(=O)c2ccccc2)[N+](=O)[O-])C(F)(F)F)cc1. The van der Waals surface area contributed by atoms with Crippen LogP contribution < -0.4 is 10.1 Å². The summed E-state index contributed by atoms with van der Waals surface area (Å²) in [6.07, 6.45) is -5.03. The molecule has 2 rings (SSSR count). The van der Waals surface area contributed by atoms with Crippen molar-refractivity contribution in [1.29, 1.82) is 0 Å². The number of rotatable bonds is 7. The van der Waals surface area contributed by atoms with Crippen molar-refractivity contribution in [3.05, 3.63) is 70.3 Å². The maximum absolute atomic E-state index is 13.5. The number of hydrogen-bond acceptors (Lipinski definition) is 5. The van der Waals surface area contributed by atoms with Crippen LogP contribution in [0.15, 0.2) is 54.6 Å². The first kappa shape index (κ1) is 19.2. The Bertz CT molecular complexity index is 764. The zero-order chi connectivity index (χ0) is 19.3. The van der Waals surface area contributed by atoms with Crippen molar-refractivity contribution < 1.29 is 27.6 Å². The fourth-order valence-electron chi connectivity index (χ4n) is 2.35. The second-order valence-electron chi connectivity index (χ2n) is 5.35. The summed E-state index contributed by atoms with van der Waals surface area (Å²) in [5.74, 6) is -0.816. The molecule has 0 amide bonds. The molecule has 138 valence electrons. The van der Waals surface area contributed by atoms with Gasteiger partial charge in [-0.3, -0.25) is 14.9 Å². The van der Waals surface area contributed by atoms with Crippen LogP contribution in [-0.4, -0.2) is 36.1 Å². The second kappa shape index (κ2) is 7.85. The summed E-state index contributed by atoms with van der Waals surface area (Å²) in [5, 5.41) is 13.4. The van der Waals surface area contributed by atoms with E-state index in [-0.39, 0.29) is 11.3 Å². The molecular formula is C17H15F3N2O4. The van der Waals surface area contributed by atoms with Crippen molar-refractivity contribution in [3.8, 4) is 5.75 Å². The standard InChI is InChI=1S/C17H15F3N2O4/c1-26-13-9-7-12(8-10-13)21-16(17(18,19)20)14(22(24)25)15(23)11-5-3-2-4-6-11/h2-10,14,16,21H,1H3/t14-,16+/m0/s1. The number of carbonyl (C=O) groups is 1. The molecule has 0 saturated heterocycles. The highest BCUT2D eigenvalue weighted by Gasteiger charge is 2.54. The van der Waals surface area contributed by atoms with Crippen molar-refractivity contribution in [2.45, 2.75) is 18.3 Å². The molecule has 9 heteroatoms. The van der Waals surface area contributed by atoms with Gasteiger partial charge in [0.2, 0.25) is 5.78 Å². The third-order valence-corrected chi connectivity index (χ3v) is 3.63. The van der Waals surface area contributed by atoms with Crippen LogP contribution in [0.2, 0.25) is 0 Å². The van der Waals surface area contributed by atoms with Crippen molar-refractivity contribution >= 4 is 11.5 Å². The lowest BCUT2D eigenvalue weighted by atomic mass is 9.97. The maximum Gasteiger partial charge on any atom is 0.415 e. The Morgan fingerprint density at radius 2 is 1.69 bits per heavy atom. The first-order valence-electron chi connectivity index (χ1n) is 7.44. The summed E-state index contributed by atoms with van der Waals surface area (Å²) in [7, 11) is 1.39. The number of carbonyl (C=O) groups excluding carboxylic acids is 1. The highest BCUT2D eigenvalue weighted by atomic mass is 19.4. The molecule has 26 heavy (non-hydrogen) atoms. The Labute approximate surface area is 146 Å². The first-order chi connectivity index (χ1) is 12.2. The molecule has 0 aliphatic rings. The molecule has 2 aromatic rings. The van der Waals surface area contributed by atoms with E-state index < -0.39 is 29.0 Å². The number of benzene rings is 2. The van der Waals surface area contributed by atoms with E-state index in [0.717, 1.165) is 0 Å². The Hall–Kier alpha value is -3.10. The number of nitrogens with zero attached hydrogens (tertiary/aromatic N) is 1. The van der Waals surface area contributed by atoms with Gasteiger partial charge in [0.25, 0.3) is 0 Å². The predicted molar refractivity (Wildman–Crippen MR) is 88.0 cm³/mol. The lowest BCUT2D eigenvalue weighted by molar-refractivity contribution is -0.514. The van der Waals surface area contributed by atoms with Crippen LogP contribution in [-0.2, 0) is 0 Å². The molecule has 0 aliphatic carbocycles. The van der Waals surface area contributed by atoms with Gasteiger partial charge < -0.3 is 10.1 Å². The molecule has 0 spiro atoms. The minimum absolute atomic E-state index is 0.0270. The van der Waals surface area contributed by atoms with Gasteiger partial charge in [-0.05, 0) is 24.3 Å². The maximum atomic E-state index is 13.5. The summed E-state index contributed by atoms with van der Waals surface area (Å²) < 4.78 is 45.4. The quantitative estimate of drug-likeness (QED) is 0.459. The van der Waals surface area contributed by atoms with Gasteiger partial charge in [0.05, 0.1) is 7.11 Å². The number of halogens is 3. The molecule has 0 aromatic heterocycles. The normalized spacial score (nSPS) is 13.5. The minimum Gasteiger partial charge on any atom is -0.497 e. The van der Waals surface area contributed by atoms with Crippen LogP contribution in [0.5, 0.6) is 5.75 Å². The largest absolute Gasteiger partial charge is 0.497 e. The van der Waals surface area contributed by atoms with E-state index in [9.17, 15) is 28.1 Å². The number of nitro groups is 1. The number of methoxy groups -OCH3 is 1. The highest BCUT2D eigenvalue weighted by Crippen LogP contribution is 2.29. The van der Waals surface area contributed by atoms with Crippen LogP contribution in [0.1, 0.15) is 10.4 Å². The van der Waals surface area contributed by atoms with Crippen LogP contribution in [0.25, 0.3) is 0 Å². The average molecular weight is 368 g/mol. The summed E-state index contributed by atoms with van der Waals surface area (Å²) >= 11 is 0. The van der Waals surface area contributed by atoms with Crippen LogP contribution in [0.4, 0.5) is 18.9 Å². The molecule has 2 aromatic carbocycles. The highest BCUT2D eigenvalue weighted by molar-refractivity contribution is 6.00. The van der Waals surface area contributed by atoms with Crippen LogP contribution in [0, 0.1) is 10.1 Å². The fraction of sp³-hybridized carbons (Fsp3) is 0.235. The number of alkyl halides is 3. The van der Waals surface area contributed by atoms with Gasteiger partial charge in [-0.15, -0.1) is 0 Å². The summed E-state index contributed by atoms with van der Waals surface area (Å²) in [4.78, 5) is 22.5. The topological polar surface area (TPSA) is 81.5 Å². The smallest absolute Gasteiger partial charge is 0.415 e. The molecule has 0 fully saturated rings. The lowest BCUT2D eigenvalue weighted by Gasteiger charge is -2.24. The van der Waals surface area contributed by atoms with Gasteiger partial charge in [-0.25, -0.2) is 0 Å². The van der Waals surface area contributed by atoms with Gasteiger partial charge >= 0.3 is 12.2 Å². The van der Waals surface area contributed by atoms with Gasteiger partial charge in [-0.2, -0.15) is 13.2 Å². The van der Waals surface area contributed by atoms with E-state index >= 15 is 0 Å². The molecule has 0 bridgehead atoms. The molecule has 0 unspecified atom stereocenters. The van der Waals surface area contributed by atoms with Crippen LogP contribution in [0.3, 0.4) is 0 Å². The number of nitrogens with one attached hydrogen (secondary N) is 1. The van der Waals surface area contributed by atoms with E-state index in [2.05, 4.69) is 5.32 Å². The van der Waals surface area contributed by atoms with Gasteiger partial charge in [0.1, 0.15) is 5.75 Å². The summed E-state index contributed by atoms with van der Waals surface area (Å²) in [6, 6.07) is 6.99. The lowest BCUT2D eigenvalue weighted by Crippen LogP contribution is -2.53. The zero-order valence-corrected chi connectivity index (χ0v) is 13.6. The van der Waals surface area contributed by atoms with Crippen molar-refractivity contribution in [2.75, 3.05) is 12.4 Å². The van der Waals surface area contributed by atoms with E-state index in [1.165, 1.54) is 55.6 Å². The predicted octanol–water partition coefficient (Wildman–Crippen LogP) is 3.57. The Morgan fingerprint density at radius 3 is 2.15 bits per heavy atom. The number of Topliss-reactive ketones (excluding diaryl/α,β-unsaturated/α-hetero) is 1. The zero-order valence-electron chi connectivity index (χ0n) is 13.6. The second-order valence-corrected chi connectivity index (χ2v) is 5.35. The molecule has 1 N–H and O–H groups in total. The van der Waals surface area contributed by atoms with E-state index in [1.807, 2.05) is 0 Å². The molecular weight excluding hydrogens is 353 g/mol. The Balaban J connectivity index is 2.38. The van der Waals surface area contributed by atoms with Gasteiger partial charge in [0.15, 0.2) is 6.04 Å². The Morgan fingerprint density at radius 1 is 1.12 bits per heavy atom. The molecule has 0 radical (unpaired) electrons. The number of anilines is 1. The van der Waals surface area contributed by atoms with Gasteiger partial charge in [-0.1, -0.05) is 30.3 Å². The third kappa shape index (κ3) is 4.50. The molecule has 0 aliphatic heterocycles. The van der Waals surface area contributed by atoms with E-state index in [4.69, 9.17) is 4.74 Å². The minimum atomic E-state index is -5.03. The van der Waals surface area contributed by atoms with Gasteiger partial charge in [0, 0.05) is 16.2 Å². The average Bonchev–Trinajstić information content (AvgIpc) is 2.61. The number of hydrogen-bond donors (Lipinski definition) is 1. The summed E-state index contributed by atoms with van der Waals surface area (Å²) in [6.45, 7) is 0. The number of ether oxygens (including phenoxy) is 1. The first-order valence-corrected chi connectivity index (χ1v) is 7.44. The Kier molecular flexibility index (Phi) is 5.81. The van der Waals surface area contributed by atoms with E-state index in [0.29, 0.717) is 5.75 Å². The molecule has 6 nitrogen and oxygen atoms in total. The fourth-order valence-corrected chi connectivity index (χ4v) is 2.35. The molecule has 0 saturated carbocycles. The van der Waals surface area contributed by atoms with Crippen molar-refractivity contribution in [1.82, 2.24) is 0 Å². The summed E-state index contributed by atoms with van der Waals surface area (Å²) in [5.41, 5.74) is -0.194. The van der Waals surface area contributed by atoms with Crippen LogP contribution >= 0.6 is 0 Å². The van der Waals surface area contributed by atoms with Crippen molar-refractivity contribution in [3.63, 3.8) is 0 Å². The monoisotopic (exact) mass is 368 g/mol.